The first-order valence-electron chi connectivity index (χ1n) is 5.97. The molecule has 0 aliphatic carbocycles. The van der Waals surface area contributed by atoms with Gasteiger partial charge in [0.15, 0.2) is 0 Å². The quantitative estimate of drug-likeness (QED) is 0.456. The number of hydrogen-bond acceptors (Lipinski definition) is 5. The molecule has 0 aliphatic heterocycles. The Bertz CT molecular complexity index is 487. The van der Waals surface area contributed by atoms with E-state index in [1.807, 2.05) is 0 Å². The van der Waals surface area contributed by atoms with Crippen molar-refractivity contribution in [3.8, 4) is 0 Å². The van der Waals surface area contributed by atoms with Gasteiger partial charge in [-0.15, -0.1) is 0 Å². The Kier molecular flexibility index (Phi) is 5.23. The summed E-state index contributed by atoms with van der Waals surface area (Å²) in [5, 5.41) is 11.0. The molecule has 106 valence electrons. The molecule has 0 radical (unpaired) electrons. The Morgan fingerprint density at radius 3 is 2.00 bits per heavy atom. The fourth-order valence-corrected chi connectivity index (χ4v) is 3.64. The van der Waals surface area contributed by atoms with E-state index in [0.29, 0.717) is 0 Å². The molecule has 0 fully saturated rings. The molecule has 0 aromatic heterocycles. The molecule has 0 unspecified atom stereocenters. The monoisotopic (exact) mass is 287 g/mol. The van der Waals surface area contributed by atoms with Gasteiger partial charge in [-0.3, -0.25) is 14.7 Å². The fraction of sp³-hybridized carbons (Fsp3) is 0.500. The lowest BCUT2D eigenvalue weighted by molar-refractivity contribution is -0.383. The third kappa shape index (κ3) is 4.13. The molecule has 1 aromatic rings. The van der Waals surface area contributed by atoms with Crippen LogP contribution in [0.1, 0.15) is 27.7 Å². The summed E-state index contributed by atoms with van der Waals surface area (Å²) in [4.78, 5) is 10.4. The molecule has 0 N–H and O–H groups in total. The van der Waals surface area contributed by atoms with Crippen LogP contribution in [-0.4, -0.2) is 17.1 Å². The van der Waals surface area contributed by atoms with E-state index in [2.05, 4.69) is 0 Å². The van der Waals surface area contributed by atoms with Crippen LogP contribution in [0.25, 0.3) is 0 Å². The van der Waals surface area contributed by atoms with Gasteiger partial charge in [-0.1, -0.05) is 12.1 Å². The normalized spacial score (nSPS) is 12.1. The van der Waals surface area contributed by atoms with Crippen LogP contribution in [0.3, 0.4) is 0 Å². The van der Waals surface area contributed by atoms with Crippen molar-refractivity contribution in [2.75, 3.05) is 0 Å². The summed E-state index contributed by atoms with van der Waals surface area (Å²) < 4.78 is 23.5. The summed E-state index contributed by atoms with van der Waals surface area (Å²) in [5.74, 6) is 0. The zero-order chi connectivity index (χ0) is 14.6. The molecular weight excluding hydrogens is 269 g/mol. The Morgan fingerprint density at radius 1 is 1.11 bits per heavy atom. The highest BCUT2D eigenvalue weighted by molar-refractivity contribution is 7.62. The molecule has 0 amide bonds. The Balaban J connectivity index is 3.33. The number of rotatable bonds is 6. The largest absolute Gasteiger partial charge is 0.368 e. The number of hydrogen-bond donors (Lipinski definition) is 0. The van der Waals surface area contributed by atoms with Gasteiger partial charge in [0.1, 0.15) is 5.30 Å². The van der Waals surface area contributed by atoms with Gasteiger partial charge < -0.3 is 9.05 Å². The SMILES string of the molecule is CC(C)OP(=O)(OC(C)C)c1ccccc1[N+](=O)[O-]. The van der Waals surface area contributed by atoms with Crippen molar-refractivity contribution >= 4 is 18.6 Å². The first kappa shape index (κ1) is 15.8. The lowest BCUT2D eigenvalue weighted by Crippen LogP contribution is -2.19. The van der Waals surface area contributed by atoms with Crippen molar-refractivity contribution in [3.63, 3.8) is 0 Å². The maximum atomic E-state index is 12.8. The van der Waals surface area contributed by atoms with E-state index < -0.39 is 12.5 Å². The number of nitro benzene ring substituents is 1. The van der Waals surface area contributed by atoms with Crippen LogP contribution >= 0.6 is 7.60 Å². The minimum Gasteiger partial charge on any atom is -0.302 e. The molecule has 19 heavy (non-hydrogen) atoms. The Hall–Kier alpha value is -1.23. The van der Waals surface area contributed by atoms with Gasteiger partial charge in [0, 0.05) is 6.07 Å². The van der Waals surface area contributed by atoms with Crippen LogP contribution in [-0.2, 0) is 13.6 Å². The van der Waals surface area contributed by atoms with Gasteiger partial charge in [-0.2, -0.15) is 0 Å². The molecule has 0 atom stereocenters. The summed E-state index contributed by atoms with van der Waals surface area (Å²) in [6, 6.07) is 5.78. The van der Waals surface area contributed by atoms with Gasteiger partial charge in [0.2, 0.25) is 0 Å². The zero-order valence-electron chi connectivity index (χ0n) is 11.4. The Morgan fingerprint density at radius 2 is 1.58 bits per heavy atom. The van der Waals surface area contributed by atoms with Gasteiger partial charge in [0.05, 0.1) is 17.1 Å². The fourth-order valence-electron chi connectivity index (χ4n) is 1.54. The van der Waals surface area contributed by atoms with E-state index >= 15 is 0 Å². The summed E-state index contributed by atoms with van der Waals surface area (Å²) in [5.41, 5.74) is -0.257. The van der Waals surface area contributed by atoms with Gasteiger partial charge in [-0.25, -0.2) is 0 Å². The van der Waals surface area contributed by atoms with Crippen molar-refractivity contribution < 1.29 is 18.5 Å². The van der Waals surface area contributed by atoms with Crippen molar-refractivity contribution in [1.82, 2.24) is 0 Å². The highest BCUT2D eigenvalue weighted by Crippen LogP contribution is 2.51. The minimum atomic E-state index is -3.72. The van der Waals surface area contributed by atoms with Crippen molar-refractivity contribution in [1.29, 1.82) is 0 Å². The highest BCUT2D eigenvalue weighted by Gasteiger charge is 2.36. The van der Waals surface area contributed by atoms with E-state index in [4.69, 9.17) is 9.05 Å². The first-order chi connectivity index (χ1) is 8.76. The molecule has 0 heterocycles. The summed E-state index contributed by atoms with van der Waals surface area (Å²) >= 11 is 0. The molecule has 7 heteroatoms. The molecule has 0 spiro atoms. The molecular formula is C12H18NO5P. The van der Waals surface area contributed by atoms with Crippen LogP contribution in [0.2, 0.25) is 0 Å². The smallest absolute Gasteiger partial charge is 0.302 e. The van der Waals surface area contributed by atoms with Crippen LogP contribution in [0, 0.1) is 10.1 Å². The maximum Gasteiger partial charge on any atom is 0.368 e. The molecule has 0 aliphatic rings. The van der Waals surface area contributed by atoms with Crippen LogP contribution in [0.15, 0.2) is 24.3 Å². The minimum absolute atomic E-state index is 0.0117. The molecule has 1 aromatic carbocycles. The van der Waals surface area contributed by atoms with E-state index in [-0.39, 0.29) is 23.2 Å². The molecule has 6 nitrogen and oxygen atoms in total. The van der Waals surface area contributed by atoms with E-state index in [0.717, 1.165) is 0 Å². The van der Waals surface area contributed by atoms with Gasteiger partial charge >= 0.3 is 7.60 Å². The lowest BCUT2D eigenvalue weighted by Gasteiger charge is -2.22. The second kappa shape index (κ2) is 6.28. The molecule has 0 bridgehead atoms. The van der Waals surface area contributed by atoms with Crippen molar-refractivity contribution in [2.45, 2.75) is 39.9 Å². The molecule has 0 saturated heterocycles. The average molecular weight is 287 g/mol. The number of nitro groups is 1. The lowest BCUT2D eigenvalue weighted by atomic mass is 10.3. The Labute approximate surface area is 112 Å². The predicted octanol–water partition coefficient (Wildman–Crippen LogP) is 3.26. The molecule has 0 saturated carbocycles. The second-order valence-electron chi connectivity index (χ2n) is 4.55. The third-order valence-electron chi connectivity index (χ3n) is 2.07. The second-order valence-corrected chi connectivity index (χ2v) is 6.45. The standard InChI is InChI=1S/C12H18NO5P/c1-9(2)17-19(16,18-10(3)4)12-8-6-5-7-11(12)13(14)15/h5-10H,1-4H3. The average Bonchev–Trinajstić information content (AvgIpc) is 2.26. The number of nitrogens with zero attached hydrogens (tertiary/aromatic N) is 1. The predicted molar refractivity (Wildman–Crippen MR) is 72.8 cm³/mol. The number of para-hydroxylation sites is 1. The first-order valence-corrected chi connectivity index (χ1v) is 7.51. The van der Waals surface area contributed by atoms with Crippen LogP contribution < -0.4 is 5.30 Å². The van der Waals surface area contributed by atoms with Gasteiger partial charge in [-0.05, 0) is 33.8 Å². The van der Waals surface area contributed by atoms with E-state index in [1.165, 1.54) is 18.2 Å². The summed E-state index contributed by atoms with van der Waals surface area (Å²) in [6.07, 6.45) is -0.742. The molecule has 1 rings (SSSR count). The highest BCUT2D eigenvalue weighted by atomic mass is 31.2. The summed E-state index contributed by atoms with van der Waals surface area (Å²) in [6.45, 7) is 6.80. The third-order valence-corrected chi connectivity index (χ3v) is 4.44. The maximum absolute atomic E-state index is 12.8. The van der Waals surface area contributed by atoms with Crippen molar-refractivity contribution in [3.05, 3.63) is 34.4 Å². The van der Waals surface area contributed by atoms with Gasteiger partial charge in [0.25, 0.3) is 5.69 Å². The van der Waals surface area contributed by atoms with Crippen LogP contribution in [0.5, 0.6) is 0 Å². The van der Waals surface area contributed by atoms with Crippen LogP contribution in [0.4, 0.5) is 5.69 Å². The summed E-state index contributed by atoms with van der Waals surface area (Å²) in [7, 11) is -3.72. The topological polar surface area (TPSA) is 78.7 Å². The van der Waals surface area contributed by atoms with E-state index in [1.54, 1.807) is 33.8 Å². The zero-order valence-corrected chi connectivity index (χ0v) is 12.3. The number of benzene rings is 1. The van der Waals surface area contributed by atoms with Crippen molar-refractivity contribution in [2.24, 2.45) is 0 Å². The van der Waals surface area contributed by atoms with E-state index in [9.17, 15) is 14.7 Å².